The van der Waals surface area contributed by atoms with Gasteiger partial charge in [-0.1, -0.05) is 0 Å². The Balaban J connectivity index is 2.45. The quantitative estimate of drug-likeness (QED) is 0.597. The van der Waals surface area contributed by atoms with E-state index in [0.29, 0.717) is 26.0 Å². The molecule has 0 aromatic rings. The fourth-order valence-corrected chi connectivity index (χ4v) is 2.76. The summed E-state index contributed by atoms with van der Waals surface area (Å²) in [5.74, 6) is 0. The van der Waals surface area contributed by atoms with Gasteiger partial charge < -0.3 is 9.84 Å². The van der Waals surface area contributed by atoms with E-state index in [1.54, 1.807) is 0 Å². The second kappa shape index (κ2) is 5.76. The third-order valence-electron chi connectivity index (χ3n) is 2.29. The van der Waals surface area contributed by atoms with Crippen LogP contribution < -0.4 is 4.72 Å². The minimum atomic E-state index is -3.45. The van der Waals surface area contributed by atoms with E-state index in [4.69, 9.17) is 4.74 Å². The standard InChI is InChI=1S/C8H18N2O4S/c1-14-6-4-9-15(12,13)10-5-2-3-8(11)7-10/h8-9,11H,2-7H2,1H3/t8-/m0/s1. The van der Waals surface area contributed by atoms with Gasteiger partial charge in [-0.3, -0.25) is 0 Å². The van der Waals surface area contributed by atoms with Crippen molar-refractivity contribution in [3.63, 3.8) is 0 Å². The van der Waals surface area contributed by atoms with Gasteiger partial charge in [-0.2, -0.15) is 17.4 Å². The van der Waals surface area contributed by atoms with E-state index in [1.807, 2.05) is 0 Å². The van der Waals surface area contributed by atoms with Crippen molar-refractivity contribution in [2.45, 2.75) is 18.9 Å². The van der Waals surface area contributed by atoms with E-state index >= 15 is 0 Å². The van der Waals surface area contributed by atoms with Crippen molar-refractivity contribution >= 4 is 10.2 Å². The minimum absolute atomic E-state index is 0.183. The summed E-state index contributed by atoms with van der Waals surface area (Å²) in [5.41, 5.74) is 0. The second-order valence-electron chi connectivity index (χ2n) is 3.55. The molecule has 0 spiro atoms. The predicted molar refractivity (Wildman–Crippen MR) is 55.6 cm³/mol. The molecule has 1 aliphatic rings. The molecule has 6 nitrogen and oxygen atoms in total. The summed E-state index contributed by atoms with van der Waals surface area (Å²) in [4.78, 5) is 0. The topological polar surface area (TPSA) is 78.9 Å². The van der Waals surface area contributed by atoms with Crippen molar-refractivity contribution < 1.29 is 18.3 Å². The lowest BCUT2D eigenvalue weighted by Crippen LogP contribution is -2.48. The highest BCUT2D eigenvalue weighted by Crippen LogP contribution is 2.12. The highest BCUT2D eigenvalue weighted by molar-refractivity contribution is 7.87. The van der Waals surface area contributed by atoms with Gasteiger partial charge in [-0.25, -0.2) is 0 Å². The van der Waals surface area contributed by atoms with Crippen molar-refractivity contribution in [1.82, 2.24) is 9.03 Å². The van der Waals surface area contributed by atoms with Crippen LogP contribution in [0.1, 0.15) is 12.8 Å². The molecule has 2 N–H and O–H groups in total. The number of rotatable bonds is 5. The van der Waals surface area contributed by atoms with Crippen LogP contribution >= 0.6 is 0 Å². The van der Waals surface area contributed by atoms with Crippen LogP contribution in [-0.2, 0) is 14.9 Å². The first kappa shape index (κ1) is 12.9. The number of β-amino-alcohol motifs (C(OH)–C–C–N with tert-alkyl or cyclic N) is 1. The third kappa shape index (κ3) is 4.04. The number of piperidine rings is 1. The second-order valence-corrected chi connectivity index (χ2v) is 5.30. The van der Waals surface area contributed by atoms with E-state index in [0.717, 1.165) is 0 Å². The molecule has 1 rings (SSSR count). The van der Waals surface area contributed by atoms with Gasteiger partial charge >= 0.3 is 0 Å². The molecule has 0 radical (unpaired) electrons. The normalized spacial score (nSPS) is 24.3. The Hall–Kier alpha value is -0.210. The monoisotopic (exact) mass is 238 g/mol. The molecular weight excluding hydrogens is 220 g/mol. The number of hydrogen-bond donors (Lipinski definition) is 2. The Morgan fingerprint density at radius 1 is 1.60 bits per heavy atom. The van der Waals surface area contributed by atoms with Crippen molar-refractivity contribution in [1.29, 1.82) is 0 Å². The summed E-state index contributed by atoms with van der Waals surface area (Å²) < 4.78 is 31.7. The zero-order valence-electron chi connectivity index (χ0n) is 8.85. The van der Waals surface area contributed by atoms with Crippen LogP contribution in [0.4, 0.5) is 0 Å². The molecule has 0 aromatic heterocycles. The molecule has 0 unspecified atom stereocenters. The maximum absolute atomic E-state index is 11.7. The summed E-state index contributed by atoms with van der Waals surface area (Å²) in [6, 6.07) is 0. The zero-order chi connectivity index (χ0) is 11.3. The Kier molecular flexibility index (Phi) is 4.94. The molecule has 7 heteroatoms. The molecular formula is C8H18N2O4S. The first-order valence-corrected chi connectivity index (χ1v) is 6.42. The van der Waals surface area contributed by atoms with Gasteiger partial charge in [0.15, 0.2) is 0 Å². The van der Waals surface area contributed by atoms with Gasteiger partial charge in [0.25, 0.3) is 10.2 Å². The largest absolute Gasteiger partial charge is 0.392 e. The zero-order valence-corrected chi connectivity index (χ0v) is 9.66. The van der Waals surface area contributed by atoms with Crippen LogP contribution in [0.25, 0.3) is 0 Å². The Morgan fingerprint density at radius 3 is 2.93 bits per heavy atom. The number of aliphatic hydroxyl groups is 1. The number of hydrogen-bond acceptors (Lipinski definition) is 4. The molecule has 0 amide bonds. The third-order valence-corrected chi connectivity index (χ3v) is 3.87. The van der Waals surface area contributed by atoms with E-state index < -0.39 is 16.3 Å². The van der Waals surface area contributed by atoms with Gasteiger partial charge in [-0.15, -0.1) is 0 Å². The summed E-state index contributed by atoms with van der Waals surface area (Å²) in [7, 11) is -1.93. The van der Waals surface area contributed by atoms with Crippen molar-refractivity contribution in [3.8, 4) is 0 Å². The highest BCUT2D eigenvalue weighted by Gasteiger charge is 2.27. The predicted octanol–water partition coefficient (Wildman–Crippen LogP) is -1.08. The smallest absolute Gasteiger partial charge is 0.279 e. The SMILES string of the molecule is COCCNS(=O)(=O)N1CCC[C@H](O)C1. The van der Waals surface area contributed by atoms with Crippen LogP contribution in [0.15, 0.2) is 0 Å². The summed E-state index contributed by atoms with van der Waals surface area (Å²) in [5, 5.41) is 9.36. The summed E-state index contributed by atoms with van der Waals surface area (Å²) in [6.07, 6.45) is 0.828. The molecule has 1 heterocycles. The first-order valence-electron chi connectivity index (χ1n) is 4.98. The number of aliphatic hydroxyl groups excluding tert-OH is 1. The van der Waals surface area contributed by atoms with Gasteiger partial charge in [-0.05, 0) is 12.8 Å². The molecule has 0 bridgehead atoms. The number of ether oxygens (including phenoxy) is 1. The van der Waals surface area contributed by atoms with Crippen LogP contribution in [0.3, 0.4) is 0 Å². The van der Waals surface area contributed by atoms with E-state index in [2.05, 4.69) is 4.72 Å². The molecule has 15 heavy (non-hydrogen) atoms. The molecule has 1 fully saturated rings. The number of methoxy groups -OCH3 is 1. The van der Waals surface area contributed by atoms with Gasteiger partial charge in [0.1, 0.15) is 0 Å². The van der Waals surface area contributed by atoms with Crippen molar-refractivity contribution in [2.24, 2.45) is 0 Å². The van der Waals surface area contributed by atoms with Crippen LogP contribution in [0, 0.1) is 0 Å². The lowest BCUT2D eigenvalue weighted by molar-refractivity contribution is 0.107. The van der Waals surface area contributed by atoms with Crippen molar-refractivity contribution in [3.05, 3.63) is 0 Å². The molecule has 1 aliphatic heterocycles. The number of nitrogens with one attached hydrogen (secondary N) is 1. The maximum atomic E-state index is 11.7. The molecule has 90 valence electrons. The summed E-state index contributed by atoms with van der Waals surface area (Å²) >= 11 is 0. The lowest BCUT2D eigenvalue weighted by atomic mass is 10.1. The van der Waals surface area contributed by atoms with E-state index in [-0.39, 0.29) is 13.1 Å². The maximum Gasteiger partial charge on any atom is 0.279 e. The average Bonchev–Trinajstić information content (AvgIpc) is 2.18. The molecule has 0 aliphatic carbocycles. The average molecular weight is 238 g/mol. The molecule has 1 atom stereocenters. The molecule has 0 aromatic carbocycles. The lowest BCUT2D eigenvalue weighted by Gasteiger charge is -2.29. The number of nitrogens with zero attached hydrogens (tertiary/aromatic N) is 1. The molecule has 1 saturated heterocycles. The van der Waals surface area contributed by atoms with Crippen molar-refractivity contribution in [2.75, 3.05) is 33.4 Å². The Labute approximate surface area is 90.4 Å². The van der Waals surface area contributed by atoms with E-state index in [9.17, 15) is 13.5 Å². The van der Waals surface area contributed by atoms with Gasteiger partial charge in [0.2, 0.25) is 0 Å². The summed E-state index contributed by atoms with van der Waals surface area (Å²) in [6.45, 7) is 1.25. The fraction of sp³-hybridized carbons (Fsp3) is 1.00. The highest BCUT2D eigenvalue weighted by atomic mass is 32.2. The van der Waals surface area contributed by atoms with Crippen LogP contribution in [-0.4, -0.2) is 57.3 Å². The fourth-order valence-electron chi connectivity index (χ4n) is 1.50. The van der Waals surface area contributed by atoms with Gasteiger partial charge in [0.05, 0.1) is 12.7 Å². The van der Waals surface area contributed by atoms with E-state index in [1.165, 1.54) is 11.4 Å². The van der Waals surface area contributed by atoms with Crippen LogP contribution in [0.5, 0.6) is 0 Å². The molecule has 0 saturated carbocycles. The Morgan fingerprint density at radius 2 is 2.33 bits per heavy atom. The van der Waals surface area contributed by atoms with Gasteiger partial charge in [0, 0.05) is 26.7 Å². The minimum Gasteiger partial charge on any atom is -0.392 e. The van der Waals surface area contributed by atoms with Crippen LogP contribution in [0.2, 0.25) is 0 Å². The Bertz CT molecular complexity index is 280. The first-order chi connectivity index (χ1) is 7.06.